The van der Waals surface area contributed by atoms with Gasteiger partial charge in [-0.05, 0) is 49.5 Å². The average molecular weight is 454 g/mol. The van der Waals surface area contributed by atoms with Gasteiger partial charge >= 0.3 is 0 Å². The van der Waals surface area contributed by atoms with Crippen molar-refractivity contribution in [3.05, 3.63) is 30.0 Å². The molecule has 0 bridgehead atoms. The third kappa shape index (κ3) is 4.10. The van der Waals surface area contributed by atoms with Gasteiger partial charge in [-0.2, -0.15) is 5.10 Å². The number of hydrogen-bond donors (Lipinski definition) is 3. The maximum Gasteiger partial charge on any atom is 0.269 e. The molecule has 9 heteroatoms. The topological polar surface area (TPSA) is 131 Å². The number of primary amides is 1. The molecule has 2 saturated carbocycles. The highest BCUT2D eigenvalue weighted by Gasteiger charge is 2.56. The monoisotopic (exact) mass is 453 g/mol. The number of likely N-dealkylation sites (tertiary alicyclic amines) is 1. The Kier molecular flexibility index (Phi) is 5.19. The molecule has 3 fully saturated rings. The Labute approximate surface area is 192 Å². The largest absolute Gasteiger partial charge is 0.393 e. The number of piperidine rings is 1. The molecule has 0 radical (unpaired) electrons. The number of aliphatic hydroxyl groups excluding tert-OH is 1. The van der Waals surface area contributed by atoms with Crippen molar-refractivity contribution in [2.75, 3.05) is 0 Å². The van der Waals surface area contributed by atoms with Crippen LogP contribution in [-0.4, -0.2) is 61.7 Å². The number of carbonyl (C=O) groups is 3. The molecule has 176 valence electrons. The van der Waals surface area contributed by atoms with Crippen molar-refractivity contribution < 1.29 is 19.5 Å². The van der Waals surface area contributed by atoms with Gasteiger partial charge in [0.2, 0.25) is 11.8 Å². The molecule has 5 atom stereocenters. The average Bonchev–Trinajstić information content (AvgIpc) is 3.22. The van der Waals surface area contributed by atoms with Gasteiger partial charge < -0.3 is 21.1 Å². The number of amides is 3. The Morgan fingerprint density at radius 3 is 2.67 bits per heavy atom. The van der Waals surface area contributed by atoms with Crippen molar-refractivity contribution in [3.8, 4) is 0 Å². The molecule has 5 rings (SSSR count). The minimum atomic E-state index is -0.643. The second kappa shape index (κ2) is 7.83. The predicted molar refractivity (Wildman–Crippen MR) is 121 cm³/mol. The third-order valence-electron chi connectivity index (χ3n) is 7.36. The van der Waals surface area contributed by atoms with E-state index >= 15 is 0 Å². The van der Waals surface area contributed by atoms with E-state index in [-0.39, 0.29) is 41.6 Å². The van der Waals surface area contributed by atoms with Crippen molar-refractivity contribution in [2.45, 2.75) is 76.7 Å². The number of nitrogens with one attached hydrogen (secondary N) is 1. The van der Waals surface area contributed by atoms with Crippen molar-refractivity contribution in [1.29, 1.82) is 0 Å². The molecule has 9 nitrogen and oxygen atoms in total. The normalized spacial score (nSPS) is 30.2. The molecule has 2 aliphatic carbocycles. The molecule has 0 spiro atoms. The molecule has 1 saturated heterocycles. The summed E-state index contributed by atoms with van der Waals surface area (Å²) in [6.07, 6.45) is 3.21. The molecule has 1 aromatic heterocycles. The predicted octanol–water partition coefficient (Wildman–Crippen LogP) is 1.18. The first kappa shape index (κ1) is 21.9. The Morgan fingerprint density at radius 1 is 1.18 bits per heavy atom. The van der Waals surface area contributed by atoms with Gasteiger partial charge in [-0.25, -0.2) is 0 Å². The highest BCUT2D eigenvalue weighted by atomic mass is 16.3. The van der Waals surface area contributed by atoms with Crippen molar-refractivity contribution in [1.82, 2.24) is 20.0 Å². The van der Waals surface area contributed by atoms with Gasteiger partial charge in [0.15, 0.2) is 5.69 Å². The summed E-state index contributed by atoms with van der Waals surface area (Å²) < 4.78 is 1.50. The number of nitrogens with two attached hydrogens (primary N) is 1. The molecule has 1 aromatic carbocycles. The van der Waals surface area contributed by atoms with Crippen LogP contribution in [0.25, 0.3) is 10.9 Å². The van der Waals surface area contributed by atoms with Crippen LogP contribution in [0.1, 0.15) is 56.4 Å². The zero-order valence-electron chi connectivity index (χ0n) is 19.0. The molecule has 1 aliphatic heterocycles. The summed E-state index contributed by atoms with van der Waals surface area (Å²) in [6.45, 7) is 4.14. The van der Waals surface area contributed by atoms with E-state index in [0.717, 1.165) is 19.3 Å². The summed E-state index contributed by atoms with van der Waals surface area (Å²) in [7, 11) is 0. The Hall–Kier alpha value is -2.94. The van der Waals surface area contributed by atoms with Crippen LogP contribution >= 0.6 is 0 Å². The van der Waals surface area contributed by atoms with Crippen LogP contribution in [0.15, 0.2) is 24.3 Å². The summed E-state index contributed by atoms with van der Waals surface area (Å²) in [4.78, 5) is 40.1. The molecular weight excluding hydrogens is 422 g/mol. The lowest BCUT2D eigenvalue weighted by Crippen LogP contribution is -2.53. The van der Waals surface area contributed by atoms with E-state index in [1.807, 2.05) is 6.07 Å². The van der Waals surface area contributed by atoms with Gasteiger partial charge in [0.1, 0.15) is 12.6 Å². The summed E-state index contributed by atoms with van der Waals surface area (Å²) >= 11 is 0. The first-order valence-electron chi connectivity index (χ1n) is 11.7. The second-order valence-corrected chi connectivity index (χ2v) is 10.7. The third-order valence-corrected chi connectivity index (χ3v) is 7.36. The lowest BCUT2D eigenvalue weighted by Gasteiger charge is -2.39. The number of para-hydroxylation sites is 1. The fourth-order valence-corrected chi connectivity index (χ4v) is 5.98. The van der Waals surface area contributed by atoms with Crippen LogP contribution in [0.2, 0.25) is 0 Å². The number of fused-ring (bicyclic) bond motifs is 2. The molecule has 2 heterocycles. The minimum Gasteiger partial charge on any atom is -0.393 e. The maximum absolute atomic E-state index is 13.4. The molecule has 2 aromatic rings. The van der Waals surface area contributed by atoms with E-state index in [9.17, 15) is 19.5 Å². The van der Waals surface area contributed by atoms with Crippen molar-refractivity contribution >= 4 is 28.6 Å². The number of rotatable bonds is 5. The van der Waals surface area contributed by atoms with E-state index in [0.29, 0.717) is 29.7 Å². The molecule has 4 N–H and O–H groups in total. The lowest BCUT2D eigenvalue weighted by molar-refractivity contribution is -0.141. The SMILES string of the molecule is CC1(C)C[C@@H](O)C[C@H](NC(=O)[C@@H]2C[C@H]3C[C@H]3N2C(=O)Cn2nc(C(N)=O)c3ccccc32)C1. The number of benzene rings is 1. The fraction of sp³-hybridized carbons (Fsp3) is 0.583. The van der Waals surface area contributed by atoms with Crippen LogP contribution in [0.4, 0.5) is 0 Å². The van der Waals surface area contributed by atoms with E-state index < -0.39 is 18.1 Å². The highest BCUT2D eigenvalue weighted by molar-refractivity contribution is 6.04. The van der Waals surface area contributed by atoms with Gasteiger partial charge in [-0.3, -0.25) is 19.1 Å². The highest BCUT2D eigenvalue weighted by Crippen LogP contribution is 2.48. The van der Waals surface area contributed by atoms with E-state index in [2.05, 4.69) is 24.3 Å². The first-order chi connectivity index (χ1) is 15.6. The van der Waals surface area contributed by atoms with E-state index in [1.165, 1.54) is 4.68 Å². The summed E-state index contributed by atoms with van der Waals surface area (Å²) in [5.41, 5.74) is 6.23. The summed E-state index contributed by atoms with van der Waals surface area (Å²) in [5, 5.41) is 18.2. The van der Waals surface area contributed by atoms with Crippen LogP contribution in [0, 0.1) is 11.3 Å². The smallest absolute Gasteiger partial charge is 0.269 e. The zero-order chi connectivity index (χ0) is 23.5. The first-order valence-corrected chi connectivity index (χ1v) is 11.7. The number of nitrogens with zero attached hydrogens (tertiary/aromatic N) is 3. The van der Waals surface area contributed by atoms with Gasteiger partial charge in [0.05, 0.1) is 11.6 Å². The number of aromatic nitrogens is 2. The summed E-state index contributed by atoms with van der Waals surface area (Å²) in [5.74, 6) is -0.619. The van der Waals surface area contributed by atoms with Gasteiger partial charge in [0.25, 0.3) is 5.91 Å². The van der Waals surface area contributed by atoms with Gasteiger partial charge in [-0.1, -0.05) is 32.0 Å². The quantitative estimate of drug-likeness (QED) is 0.626. The molecule has 0 unspecified atom stereocenters. The van der Waals surface area contributed by atoms with Crippen molar-refractivity contribution in [2.24, 2.45) is 17.1 Å². The minimum absolute atomic E-state index is 0.0395. The lowest BCUT2D eigenvalue weighted by atomic mass is 9.73. The summed E-state index contributed by atoms with van der Waals surface area (Å²) in [6, 6.07) is 6.64. The number of carbonyl (C=O) groups excluding carboxylic acids is 3. The number of hydrogen-bond acceptors (Lipinski definition) is 5. The van der Waals surface area contributed by atoms with Crippen LogP contribution in [-0.2, 0) is 16.1 Å². The fourth-order valence-electron chi connectivity index (χ4n) is 5.98. The van der Waals surface area contributed by atoms with Crippen LogP contribution in [0.3, 0.4) is 0 Å². The second-order valence-electron chi connectivity index (χ2n) is 10.7. The zero-order valence-corrected chi connectivity index (χ0v) is 19.0. The van der Waals surface area contributed by atoms with E-state index in [4.69, 9.17) is 5.73 Å². The Balaban J connectivity index is 1.33. The molecule has 3 amide bonds. The standard InChI is InChI=1S/C24H31N5O4/c1-24(2)10-14(9-15(30)11-24)26-23(33)19-8-13-7-18(13)29(19)20(31)12-28-17-6-4-3-5-16(17)21(27-28)22(25)32/h3-6,13-15,18-19,30H,7-12H2,1-2H3,(H2,25,32)(H,26,33)/t13-,14+,15+,18-,19+/m1/s1. The Morgan fingerprint density at radius 2 is 1.94 bits per heavy atom. The van der Waals surface area contributed by atoms with Crippen LogP contribution < -0.4 is 11.1 Å². The molecule has 3 aliphatic rings. The number of aliphatic hydroxyl groups is 1. The van der Waals surface area contributed by atoms with Gasteiger partial charge in [-0.15, -0.1) is 0 Å². The van der Waals surface area contributed by atoms with Gasteiger partial charge in [0, 0.05) is 17.5 Å². The maximum atomic E-state index is 13.4. The van der Waals surface area contributed by atoms with E-state index in [1.54, 1.807) is 23.1 Å². The van der Waals surface area contributed by atoms with Crippen molar-refractivity contribution in [3.63, 3.8) is 0 Å². The van der Waals surface area contributed by atoms with Crippen LogP contribution in [0.5, 0.6) is 0 Å². The molecular formula is C24H31N5O4. The molecule has 33 heavy (non-hydrogen) atoms. The Bertz CT molecular complexity index is 1130.